The molecule has 0 spiro atoms. The highest BCUT2D eigenvalue weighted by Crippen LogP contribution is 2.39. The van der Waals surface area contributed by atoms with Crippen molar-refractivity contribution in [3.8, 4) is 11.5 Å². The second kappa shape index (κ2) is 11.1. The van der Waals surface area contributed by atoms with Crippen molar-refractivity contribution in [1.29, 1.82) is 0 Å². The third kappa shape index (κ3) is 5.48. The van der Waals surface area contributed by atoms with Gasteiger partial charge >= 0.3 is 5.97 Å². The van der Waals surface area contributed by atoms with E-state index in [-0.39, 0.29) is 12.1 Å². The number of nitrogens with zero attached hydrogens (tertiary/aromatic N) is 3. The molecule has 8 nitrogen and oxygen atoms in total. The fourth-order valence-electron chi connectivity index (χ4n) is 5.11. The number of carbonyl (C=O) groups excluding carboxylic acids is 1. The Hall–Kier alpha value is -3.81. The molecule has 1 aliphatic heterocycles. The Morgan fingerprint density at radius 2 is 1.89 bits per heavy atom. The van der Waals surface area contributed by atoms with Crippen molar-refractivity contribution in [2.24, 2.45) is 0 Å². The summed E-state index contributed by atoms with van der Waals surface area (Å²) in [5.41, 5.74) is 4.35. The fourth-order valence-corrected chi connectivity index (χ4v) is 5.11. The van der Waals surface area contributed by atoms with E-state index < -0.39 is 6.04 Å². The monoisotopic (exact) mass is 502 g/mol. The third-order valence-corrected chi connectivity index (χ3v) is 6.90. The Morgan fingerprint density at radius 3 is 2.68 bits per heavy atom. The number of esters is 1. The molecule has 2 heterocycles. The first kappa shape index (κ1) is 24.9. The summed E-state index contributed by atoms with van der Waals surface area (Å²) in [5, 5.41) is 7.65. The average molecular weight is 503 g/mol. The molecule has 5 rings (SSSR count). The zero-order chi connectivity index (χ0) is 25.8. The van der Waals surface area contributed by atoms with E-state index in [1.165, 1.54) is 18.3 Å². The van der Waals surface area contributed by atoms with Gasteiger partial charge in [-0.3, -0.25) is 0 Å². The molecule has 1 aliphatic carbocycles. The Balaban J connectivity index is 1.46. The van der Waals surface area contributed by atoms with Gasteiger partial charge in [-0.2, -0.15) is 10.1 Å². The maximum atomic E-state index is 13.5. The zero-order valence-electron chi connectivity index (χ0n) is 21.7. The second-order valence-electron chi connectivity index (χ2n) is 9.68. The number of hydrogen-bond donors (Lipinski definition) is 1. The standard InChI is InChI=1S/C29H34N4O4/c1-4-35-25-16-22(13-14-24(25)36-17-21-10-8-9-19(2)15-21)27-26(20(3)32-29-30-18-31-33(27)29)28(34)37-23-11-6-5-7-12-23/h8-10,13-16,18,23,27H,4-7,11-12,17H2,1-3H3,(H,30,31,32). The van der Waals surface area contributed by atoms with Crippen LogP contribution in [0.3, 0.4) is 0 Å². The lowest BCUT2D eigenvalue weighted by atomic mass is 9.94. The molecule has 0 bridgehead atoms. The van der Waals surface area contributed by atoms with Crippen LogP contribution >= 0.6 is 0 Å². The van der Waals surface area contributed by atoms with Gasteiger partial charge in [-0.25, -0.2) is 9.48 Å². The van der Waals surface area contributed by atoms with Gasteiger partial charge in [0.15, 0.2) is 11.5 Å². The first-order valence-corrected chi connectivity index (χ1v) is 13.1. The number of anilines is 1. The topological polar surface area (TPSA) is 87.5 Å². The highest BCUT2D eigenvalue weighted by Gasteiger charge is 2.36. The lowest BCUT2D eigenvalue weighted by Gasteiger charge is -2.30. The van der Waals surface area contributed by atoms with Gasteiger partial charge in [0.2, 0.25) is 5.95 Å². The molecular formula is C29H34N4O4. The van der Waals surface area contributed by atoms with E-state index >= 15 is 0 Å². The number of aryl methyl sites for hydroxylation is 1. The molecule has 8 heteroatoms. The Labute approximate surface area is 217 Å². The molecule has 1 unspecified atom stereocenters. The zero-order valence-corrected chi connectivity index (χ0v) is 21.7. The Kier molecular flexibility index (Phi) is 7.44. The van der Waals surface area contributed by atoms with Crippen LogP contribution in [0.1, 0.15) is 68.7 Å². The molecule has 1 fully saturated rings. The molecule has 0 saturated heterocycles. The van der Waals surface area contributed by atoms with E-state index in [4.69, 9.17) is 14.2 Å². The summed E-state index contributed by atoms with van der Waals surface area (Å²) >= 11 is 0. The van der Waals surface area contributed by atoms with Crippen molar-refractivity contribution in [3.05, 3.63) is 76.8 Å². The Morgan fingerprint density at radius 1 is 1.05 bits per heavy atom. The quantitative estimate of drug-likeness (QED) is 0.394. The number of allylic oxidation sites excluding steroid dienone is 1. The van der Waals surface area contributed by atoms with Gasteiger partial charge < -0.3 is 19.5 Å². The molecular weight excluding hydrogens is 468 g/mol. The molecule has 3 aromatic rings. The molecule has 194 valence electrons. The number of carbonyl (C=O) groups is 1. The van der Waals surface area contributed by atoms with Gasteiger partial charge in [0.05, 0.1) is 12.2 Å². The van der Waals surface area contributed by atoms with Gasteiger partial charge in [0.1, 0.15) is 25.1 Å². The lowest BCUT2D eigenvalue weighted by molar-refractivity contribution is -0.146. The third-order valence-electron chi connectivity index (χ3n) is 6.90. The average Bonchev–Trinajstić information content (AvgIpc) is 3.36. The number of ether oxygens (including phenoxy) is 3. The number of aromatic nitrogens is 3. The second-order valence-corrected chi connectivity index (χ2v) is 9.68. The lowest BCUT2D eigenvalue weighted by Crippen LogP contribution is -2.32. The van der Waals surface area contributed by atoms with E-state index in [1.54, 1.807) is 4.68 Å². The summed E-state index contributed by atoms with van der Waals surface area (Å²) < 4.78 is 19.8. The van der Waals surface area contributed by atoms with Crippen LogP contribution in [0.5, 0.6) is 11.5 Å². The van der Waals surface area contributed by atoms with Crippen LogP contribution in [0.25, 0.3) is 0 Å². The molecule has 1 N–H and O–H groups in total. The molecule has 2 aliphatic rings. The van der Waals surface area contributed by atoms with Crippen molar-refractivity contribution in [1.82, 2.24) is 14.8 Å². The van der Waals surface area contributed by atoms with Crippen molar-refractivity contribution in [2.75, 3.05) is 11.9 Å². The van der Waals surface area contributed by atoms with E-state index in [9.17, 15) is 4.79 Å². The number of hydrogen-bond acceptors (Lipinski definition) is 7. The van der Waals surface area contributed by atoms with Gasteiger partial charge in [0, 0.05) is 5.70 Å². The van der Waals surface area contributed by atoms with Crippen molar-refractivity contribution < 1.29 is 19.0 Å². The van der Waals surface area contributed by atoms with E-state index in [0.717, 1.165) is 36.8 Å². The summed E-state index contributed by atoms with van der Waals surface area (Å²) in [7, 11) is 0. The molecule has 0 amide bonds. The van der Waals surface area contributed by atoms with Gasteiger partial charge in [-0.15, -0.1) is 0 Å². The van der Waals surface area contributed by atoms with Crippen LogP contribution in [0.15, 0.2) is 60.1 Å². The van der Waals surface area contributed by atoms with Gasteiger partial charge in [0.25, 0.3) is 0 Å². The summed E-state index contributed by atoms with van der Waals surface area (Å²) in [6.45, 7) is 6.80. The summed E-state index contributed by atoms with van der Waals surface area (Å²) in [5.74, 6) is 1.52. The smallest absolute Gasteiger partial charge is 0.338 e. The largest absolute Gasteiger partial charge is 0.490 e. The molecule has 1 saturated carbocycles. The minimum atomic E-state index is -0.500. The molecule has 37 heavy (non-hydrogen) atoms. The van der Waals surface area contributed by atoms with Crippen molar-refractivity contribution in [2.45, 2.75) is 71.6 Å². The molecule has 0 radical (unpaired) electrons. The highest BCUT2D eigenvalue weighted by molar-refractivity contribution is 5.92. The minimum absolute atomic E-state index is 0.0456. The predicted octanol–water partition coefficient (Wildman–Crippen LogP) is 5.73. The van der Waals surface area contributed by atoms with Crippen molar-refractivity contribution in [3.63, 3.8) is 0 Å². The minimum Gasteiger partial charge on any atom is -0.490 e. The summed E-state index contributed by atoms with van der Waals surface area (Å²) in [4.78, 5) is 17.9. The van der Waals surface area contributed by atoms with Crippen LogP contribution in [0.4, 0.5) is 5.95 Å². The maximum Gasteiger partial charge on any atom is 0.338 e. The van der Waals surface area contributed by atoms with Crippen LogP contribution in [-0.2, 0) is 16.1 Å². The Bertz CT molecular complexity index is 1290. The maximum absolute atomic E-state index is 13.5. The SMILES string of the molecule is CCOc1cc(C2C(C(=O)OC3CCCCC3)=C(C)Nc3ncnn32)ccc1OCc1cccc(C)c1. The predicted molar refractivity (Wildman–Crippen MR) is 141 cm³/mol. The molecule has 2 aromatic carbocycles. The summed E-state index contributed by atoms with van der Waals surface area (Å²) in [6.07, 6.45) is 6.63. The van der Waals surface area contributed by atoms with E-state index in [0.29, 0.717) is 41.9 Å². The van der Waals surface area contributed by atoms with Gasteiger partial charge in [-0.05, 0) is 69.7 Å². The van der Waals surface area contributed by atoms with Crippen LogP contribution in [-0.4, -0.2) is 33.4 Å². The number of benzene rings is 2. The molecule has 1 atom stereocenters. The van der Waals surface area contributed by atoms with Crippen LogP contribution < -0.4 is 14.8 Å². The number of nitrogens with one attached hydrogen (secondary N) is 1. The normalized spacial score (nSPS) is 17.6. The van der Waals surface area contributed by atoms with E-state index in [2.05, 4.69) is 34.5 Å². The first-order chi connectivity index (χ1) is 18.0. The highest BCUT2D eigenvalue weighted by atomic mass is 16.5. The number of rotatable bonds is 8. The van der Waals surface area contributed by atoms with Crippen molar-refractivity contribution >= 4 is 11.9 Å². The van der Waals surface area contributed by atoms with Gasteiger partial charge in [-0.1, -0.05) is 42.3 Å². The molecule has 1 aromatic heterocycles. The first-order valence-electron chi connectivity index (χ1n) is 13.1. The fraction of sp³-hybridized carbons (Fsp3) is 0.414. The summed E-state index contributed by atoms with van der Waals surface area (Å²) in [6, 6.07) is 13.5. The number of fused-ring (bicyclic) bond motifs is 1. The van der Waals surface area contributed by atoms with Crippen LogP contribution in [0.2, 0.25) is 0 Å². The van der Waals surface area contributed by atoms with Crippen LogP contribution in [0, 0.1) is 6.92 Å². The van der Waals surface area contributed by atoms with E-state index in [1.807, 2.05) is 44.2 Å².